The predicted octanol–water partition coefficient (Wildman–Crippen LogP) is 1.51. The SMILES string of the molecule is CCOC1CC(N)(C(=O)Nc2c(C)nn(C)c2C)C1(C)C. The Morgan fingerprint density at radius 3 is 2.57 bits per heavy atom. The molecule has 1 aromatic rings. The van der Waals surface area contributed by atoms with Gasteiger partial charge in [-0.3, -0.25) is 9.48 Å². The van der Waals surface area contributed by atoms with Gasteiger partial charge in [-0.25, -0.2) is 0 Å². The maximum Gasteiger partial charge on any atom is 0.245 e. The third-order valence-electron chi connectivity index (χ3n) is 4.98. The molecule has 1 aliphatic rings. The van der Waals surface area contributed by atoms with Crippen molar-refractivity contribution < 1.29 is 9.53 Å². The standard InChI is InChI=1S/C15H26N4O2/c1-7-21-11-8-15(16,14(11,4)5)13(20)17-12-9(2)18-19(6)10(12)3/h11H,7-8,16H2,1-6H3,(H,17,20). The zero-order valence-electron chi connectivity index (χ0n) is 13.8. The molecule has 2 rings (SSSR count). The number of nitrogens with zero attached hydrogens (tertiary/aromatic N) is 2. The first kappa shape index (κ1) is 16.0. The molecule has 1 fully saturated rings. The molecule has 0 saturated heterocycles. The Balaban J connectivity index is 2.18. The number of hydrogen-bond donors (Lipinski definition) is 2. The number of amides is 1. The van der Waals surface area contributed by atoms with Crippen LogP contribution in [-0.4, -0.2) is 33.9 Å². The van der Waals surface area contributed by atoms with Crippen molar-refractivity contribution in [3.8, 4) is 0 Å². The van der Waals surface area contributed by atoms with E-state index in [1.54, 1.807) is 4.68 Å². The lowest BCUT2D eigenvalue weighted by Gasteiger charge is -2.57. The van der Waals surface area contributed by atoms with E-state index in [0.29, 0.717) is 13.0 Å². The molecular formula is C15H26N4O2. The van der Waals surface area contributed by atoms with Crippen LogP contribution in [0.15, 0.2) is 0 Å². The monoisotopic (exact) mass is 294 g/mol. The van der Waals surface area contributed by atoms with E-state index in [1.807, 2.05) is 41.7 Å². The smallest absolute Gasteiger partial charge is 0.245 e. The van der Waals surface area contributed by atoms with Crippen LogP contribution in [0.2, 0.25) is 0 Å². The highest BCUT2D eigenvalue weighted by atomic mass is 16.5. The van der Waals surface area contributed by atoms with Gasteiger partial charge in [0.15, 0.2) is 0 Å². The van der Waals surface area contributed by atoms with Crippen molar-refractivity contribution in [1.82, 2.24) is 9.78 Å². The van der Waals surface area contributed by atoms with E-state index in [9.17, 15) is 4.79 Å². The number of anilines is 1. The number of nitrogens with two attached hydrogens (primary N) is 1. The minimum absolute atomic E-state index is 0.0225. The van der Waals surface area contributed by atoms with Gasteiger partial charge < -0.3 is 15.8 Å². The van der Waals surface area contributed by atoms with E-state index >= 15 is 0 Å². The molecule has 6 nitrogen and oxygen atoms in total. The second-order valence-electron chi connectivity index (χ2n) is 6.46. The average molecular weight is 294 g/mol. The fraction of sp³-hybridized carbons (Fsp3) is 0.733. The number of hydrogen-bond acceptors (Lipinski definition) is 4. The maximum atomic E-state index is 12.7. The van der Waals surface area contributed by atoms with Crippen molar-refractivity contribution >= 4 is 11.6 Å². The summed E-state index contributed by atoms with van der Waals surface area (Å²) in [5, 5.41) is 7.26. The first-order valence-corrected chi connectivity index (χ1v) is 7.37. The minimum atomic E-state index is -0.915. The molecular weight excluding hydrogens is 268 g/mol. The Bertz CT molecular complexity index is 564. The van der Waals surface area contributed by atoms with Crippen LogP contribution in [0.5, 0.6) is 0 Å². The molecule has 21 heavy (non-hydrogen) atoms. The molecule has 0 aromatic carbocycles. The number of carbonyl (C=O) groups is 1. The van der Waals surface area contributed by atoms with Gasteiger partial charge in [-0.05, 0) is 20.8 Å². The molecule has 1 saturated carbocycles. The molecule has 1 aliphatic carbocycles. The Labute approximate surface area is 126 Å². The maximum absolute atomic E-state index is 12.7. The van der Waals surface area contributed by atoms with Crippen LogP contribution >= 0.6 is 0 Å². The lowest BCUT2D eigenvalue weighted by molar-refractivity contribution is -0.166. The molecule has 6 heteroatoms. The van der Waals surface area contributed by atoms with Gasteiger partial charge in [0.25, 0.3) is 0 Å². The van der Waals surface area contributed by atoms with Gasteiger partial charge in [0.05, 0.1) is 23.2 Å². The van der Waals surface area contributed by atoms with Gasteiger partial charge in [0.2, 0.25) is 5.91 Å². The van der Waals surface area contributed by atoms with Gasteiger partial charge in [-0.2, -0.15) is 5.10 Å². The van der Waals surface area contributed by atoms with Gasteiger partial charge in [-0.1, -0.05) is 13.8 Å². The first-order valence-electron chi connectivity index (χ1n) is 7.37. The molecule has 2 unspecified atom stereocenters. The molecule has 0 spiro atoms. The Morgan fingerprint density at radius 2 is 2.14 bits per heavy atom. The summed E-state index contributed by atoms with van der Waals surface area (Å²) in [7, 11) is 1.86. The summed E-state index contributed by atoms with van der Waals surface area (Å²) in [5.74, 6) is -0.164. The topological polar surface area (TPSA) is 82.2 Å². The zero-order chi connectivity index (χ0) is 16.0. The summed E-state index contributed by atoms with van der Waals surface area (Å²) in [6, 6.07) is 0. The van der Waals surface area contributed by atoms with Crippen molar-refractivity contribution in [2.75, 3.05) is 11.9 Å². The third kappa shape index (κ3) is 2.26. The number of aromatic nitrogens is 2. The highest BCUT2D eigenvalue weighted by Gasteiger charge is 2.62. The summed E-state index contributed by atoms with van der Waals surface area (Å²) in [6.45, 7) is 10.4. The van der Waals surface area contributed by atoms with Gasteiger partial charge in [0, 0.05) is 25.5 Å². The summed E-state index contributed by atoms with van der Waals surface area (Å²) in [6.07, 6.45) is 0.562. The molecule has 118 valence electrons. The number of ether oxygens (including phenoxy) is 1. The zero-order valence-corrected chi connectivity index (χ0v) is 13.8. The van der Waals surface area contributed by atoms with Crippen molar-refractivity contribution in [3.63, 3.8) is 0 Å². The van der Waals surface area contributed by atoms with Crippen LogP contribution in [0, 0.1) is 19.3 Å². The summed E-state index contributed by atoms with van der Waals surface area (Å²) < 4.78 is 7.42. The molecule has 1 heterocycles. The number of rotatable bonds is 4. The summed E-state index contributed by atoms with van der Waals surface area (Å²) in [4.78, 5) is 12.7. The van der Waals surface area contributed by atoms with Crippen molar-refractivity contribution in [2.45, 2.75) is 52.7 Å². The molecule has 3 N–H and O–H groups in total. The predicted molar refractivity (Wildman–Crippen MR) is 82.0 cm³/mol. The number of carbonyl (C=O) groups excluding carboxylic acids is 1. The fourth-order valence-corrected chi connectivity index (χ4v) is 3.00. The lowest BCUT2D eigenvalue weighted by atomic mass is 9.54. The largest absolute Gasteiger partial charge is 0.378 e. The van der Waals surface area contributed by atoms with E-state index in [2.05, 4.69) is 10.4 Å². The molecule has 0 aliphatic heterocycles. The molecule has 0 bridgehead atoms. The molecule has 2 atom stereocenters. The quantitative estimate of drug-likeness (QED) is 0.882. The van der Waals surface area contributed by atoms with E-state index in [-0.39, 0.29) is 12.0 Å². The first-order chi connectivity index (χ1) is 9.65. The van der Waals surface area contributed by atoms with Crippen LogP contribution in [0.4, 0.5) is 5.69 Å². The van der Waals surface area contributed by atoms with Gasteiger partial charge in [-0.15, -0.1) is 0 Å². The van der Waals surface area contributed by atoms with Gasteiger partial charge >= 0.3 is 0 Å². The van der Waals surface area contributed by atoms with E-state index in [1.165, 1.54) is 0 Å². The van der Waals surface area contributed by atoms with Crippen LogP contribution in [0.25, 0.3) is 0 Å². The lowest BCUT2D eigenvalue weighted by Crippen LogP contribution is -2.74. The number of aryl methyl sites for hydroxylation is 2. The average Bonchev–Trinajstić information content (AvgIpc) is 2.64. The Morgan fingerprint density at radius 1 is 1.52 bits per heavy atom. The highest BCUT2D eigenvalue weighted by Crippen LogP contribution is 2.50. The van der Waals surface area contributed by atoms with Crippen LogP contribution in [-0.2, 0) is 16.6 Å². The molecule has 0 radical (unpaired) electrons. The third-order valence-corrected chi connectivity index (χ3v) is 4.98. The fourth-order valence-electron chi connectivity index (χ4n) is 3.00. The summed E-state index contributed by atoms with van der Waals surface area (Å²) >= 11 is 0. The summed E-state index contributed by atoms with van der Waals surface area (Å²) in [5.41, 5.74) is 7.54. The van der Waals surface area contributed by atoms with E-state index in [4.69, 9.17) is 10.5 Å². The van der Waals surface area contributed by atoms with Crippen LogP contribution < -0.4 is 11.1 Å². The van der Waals surface area contributed by atoms with Gasteiger partial charge in [0.1, 0.15) is 5.54 Å². The minimum Gasteiger partial charge on any atom is -0.378 e. The van der Waals surface area contributed by atoms with Crippen molar-refractivity contribution in [3.05, 3.63) is 11.4 Å². The number of nitrogens with one attached hydrogen (secondary N) is 1. The molecule has 1 amide bonds. The van der Waals surface area contributed by atoms with Crippen molar-refractivity contribution in [2.24, 2.45) is 18.2 Å². The Hall–Kier alpha value is -1.40. The Kier molecular flexibility index (Phi) is 3.88. The van der Waals surface area contributed by atoms with Crippen LogP contribution in [0.3, 0.4) is 0 Å². The molecule has 1 aromatic heterocycles. The van der Waals surface area contributed by atoms with Crippen molar-refractivity contribution in [1.29, 1.82) is 0 Å². The normalized spacial score (nSPS) is 27.3. The highest BCUT2D eigenvalue weighted by molar-refractivity contribution is 6.00. The second kappa shape index (κ2) is 5.10. The van der Waals surface area contributed by atoms with E-state index in [0.717, 1.165) is 17.1 Å². The van der Waals surface area contributed by atoms with E-state index < -0.39 is 11.0 Å². The second-order valence-corrected chi connectivity index (χ2v) is 6.46. The van der Waals surface area contributed by atoms with Crippen LogP contribution in [0.1, 0.15) is 38.6 Å².